The van der Waals surface area contributed by atoms with E-state index in [0.717, 1.165) is 98.0 Å². The summed E-state index contributed by atoms with van der Waals surface area (Å²) in [5.41, 5.74) is 5.97. The van der Waals surface area contributed by atoms with E-state index in [9.17, 15) is 0 Å². The van der Waals surface area contributed by atoms with Crippen LogP contribution < -0.4 is 10.2 Å². The zero-order chi connectivity index (χ0) is 30.1. The quantitative estimate of drug-likeness (QED) is 0.531. The normalized spacial score (nSPS) is 31.7. The zero-order valence-corrected chi connectivity index (χ0v) is 28.0. The van der Waals surface area contributed by atoms with Gasteiger partial charge in [-0.15, -0.1) is 0 Å². The molecular formula is C36H53N7OS. The summed E-state index contributed by atoms with van der Waals surface area (Å²) in [6, 6.07) is 19.0. The molecule has 244 valence electrons. The Hall–Kier alpha value is -1.69. The Bertz CT molecular complexity index is 1290. The molecule has 45 heavy (non-hydrogen) atoms. The van der Waals surface area contributed by atoms with Gasteiger partial charge in [0.05, 0.1) is 13.2 Å². The number of para-hydroxylation sites is 1. The van der Waals surface area contributed by atoms with E-state index >= 15 is 0 Å². The molecule has 2 atom stereocenters. The number of nitrogens with zero attached hydrogens (tertiary/aromatic N) is 6. The SMILES string of the molecule is c1ccc2c(c1)CCCN2C1(N2CCSCC2)c2ccccc2CC(N2CCCCCC2)(N2CCNCC2)N1N1CCOCC1. The molecule has 0 bridgehead atoms. The molecule has 9 heteroatoms. The third kappa shape index (κ3) is 5.26. The van der Waals surface area contributed by atoms with Crippen LogP contribution in [0.15, 0.2) is 48.5 Å². The second-order valence-corrected chi connectivity index (χ2v) is 15.0. The zero-order valence-electron chi connectivity index (χ0n) is 27.2. The van der Waals surface area contributed by atoms with Crippen LogP contribution in [-0.4, -0.2) is 127 Å². The highest BCUT2D eigenvalue weighted by Gasteiger charge is 2.66. The second-order valence-electron chi connectivity index (χ2n) is 13.7. The summed E-state index contributed by atoms with van der Waals surface area (Å²) >= 11 is 2.13. The fourth-order valence-electron chi connectivity index (χ4n) is 9.48. The van der Waals surface area contributed by atoms with Crippen LogP contribution in [0.1, 0.15) is 48.8 Å². The predicted octanol–water partition coefficient (Wildman–Crippen LogP) is 3.84. The number of hydrazine groups is 1. The molecule has 0 aliphatic carbocycles. The van der Waals surface area contributed by atoms with Crippen molar-refractivity contribution in [1.29, 1.82) is 0 Å². The number of nitrogens with one attached hydrogen (secondary N) is 1. The van der Waals surface area contributed by atoms with Crippen LogP contribution in [0.3, 0.4) is 0 Å². The summed E-state index contributed by atoms with van der Waals surface area (Å²) in [4.78, 5) is 11.7. The third-order valence-electron chi connectivity index (χ3n) is 11.4. The van der Waals surface area contributed by atoms with Crippen LogP contribution in [0.4, 0.5) is 5.69 Å². The molecule has 8 rings (SSSR count). The Balaban J connectivity index is 1.45. The van der Waals surface area contributed by atoms with Crippen LogP contribution in [0, 0.1) is 0 Å². The van der Waals surface area contributed by atoms with Crippen molar-refractivity contribution in [3.63, 3.8) is 0 Å². The van der Waals surface area contributed by atoms with Crippen LogP contribution in [-0.2, 0) is 23.4 Å². The Kier molecular flexibility index (Phi) is 9.14. The van der Waals surface area contributed by atoms with Gasteiger partial charge in [0.2, 0.25) is 0 Å². The maximum atomic E-state index is 6.12. The molecule has 0 amide bonds. The molecule has 2 aromatic rings. The minimum absolute atomic E-state index is 0.269. The van der Waals surface area contributed by atoms with Crippen molar-refractivity contribution in [3.8, 4) is 0 Å². The van der Waals surface area contributed by atoms with Gasteiger partial charge in [-0.3, -0.25) is 14.7 Å². The fraction of sp³-hybridized carbons (Fsp3) is 0.667. The Morgan fingerprint density at radius 3 is 2.11 bits per heavy atom. The number of hydrogen-bond donors (Lipinski definition) is 1. The van der Waals surface area contributed by atoms with Gasteiger partial charge in [0.1, 0.15) is 0 Å². The molecule has 6 aliphatic rings. The van der Waals surface area contributed by atoms with E-state index in [4.69, 9.17) is 4.74 Å². The predicted molar refractivity (Wildman–Crippen MR) is 184 cm³/mol. The third-order valence-corrected chi connectivity index (χ3v) is 12.3. The Labute approximate surface area is 275 Å². The molecule has 2 unspecified atom stereocenters. The fourth-order valence-corrected chi connectivity index (χ4v) is 10.4. The number of ether oxygens (including phenoxy) is 1. The summed E-state index contributed by atoms with van der Waals surface area (Å²) in [6.07, 6.45) is 8.63. The number of thioether (sulfide) groups is 1. The van der Waals surface area contributed by atoms with E-state index in [0.29, 0.717) is 0 Å². The van der Waals surface area contributed by atoms with Gasteiger partial charge in [-0.2, -0.15) is 16.8 Å². The maximum absolute atomic E-state index is 6.12. The number of fused-ring (bicyclic) bond motifs is 2. The van der Waals surface area contributed by atoms with E-state index in [1.54, 1.807) is 0 Å². The average Bonchev–Trinajstić information content (AvgIpc) is 3.42. The molecule has 6 aliphatic heterocycles. The van der Waals surface area contributed by atoms with Gasteiger partial charge >= 0.3 is 0 Å². The van der Waals surface area contributed by atoms with Gasteiger partial charge < -0.3 is 15.0 Å². The molecular weight excluding hydrogens is 579 g/mol. The lowest BCUT2D eigenvalue weighted by Crippen LogP contribution is -2.87. The Morgan fingerprint density at radius 2 is 1.33 bits per heavy atom. The Morgan fingerprint density at radius 1 is 0.644 bits per heavy atom. The largest absolute Gasteiger partial charge is 0.379 e. The number of aryl methyl sites for hydroxylation is 1. The number of rotatable bonds is 5. The number of morpholine rings is 1. The van der Waals surface area contributed by atoms with Crippen molar-refractivity contribution in [2.45, 2.75) is 56.5 Å². The van der Waals surface area contributed by atoms with Crippen LogP contribution >= 0.6 is 11.8 Å². The highest BCUT2D eigenvalue weighted by Crippen LogP contribution is 2.54. The van der Waals surface area contributed by atoms with Crippen molar-refractivity contribution in [3.05, 3.63) is 65.2 Å². The van der Waals surface area contributed by atoms with Gasteiger partial charge in [0, 0.05) is 101 Å². The summed E-state index contributed by atoms with van der Waals surface area (Å²) in [6.45, 7) is 13.3. The van der Waals surface area contributed by atoms with Gasteiger partial charge in [0.25, 0.3) is 0 Å². The molecule has 0 saturated carbocycles. The number of benzene rings is 2. The summed E-state index contributed by atoms with van der Waals surface area (Å²) in [7, 11) is 0. The number of likely N-dealkylation sites (tertiary alicyclic amines) is 1. The van der Waals surface area contributed by atoms with Gasteiger partial charge in [0.15, 0.2) is 11.6 Å². The van der Waals surface area contributed by atoms with Crippen molar-refractivity contribution in [1.82, 2.24) is 30.0 Å². The van der Waals surface area contributed by atoms with E-state index < -0.39 is 5.79 Å². The van der Waals surface area contributed by atoms with Crippen molar-refractivity contribution >= 4 is 17.4 Å². The lowest BCUT2D eigenvalue weighted by atomic mass is 9.83. The summed E-state index contributed by atoms with van der Waals surface area (Å²) in [5.74, 6) is 1.65. The molecule has 2 aromatic carbocycles. The first kappa shape index (κ1) is 30.6. The van der Waals surface area contributed by atoms with Crippen molar-refractivity contribution in [2.75, 3.05) is 102 Å². The summed E-state index contributed by atoms with van der Waals surface area (Å²) in [5, 5.41) is 9.53. The van der Waals surface area contributed by atoms with Crippen molar-refractivity contribution in [2.24, 2.45) is 0 Å². The smallest absolute Gasteiger partial charge is 0.194 e. The van der Waals surface area contributed by atoms with Crippen LogP contribution in [0.5, 0.6) is 0 Å². The van der Waals surface area contributed by atoms with Gasteiger partial charge in [-0.1, -0.05) is 55.3 Å². The van der Waals surface area contributed by atoms with Crippen LogP contribution in [0.25, 0.3) is 0 Å². The molecule has 0 spiro atoms. The van der Waals surface area contributed by atoms with Gasteiger partial charge in [-0.25, -0.2) is 5.01 Å². The number of hydrogen-bond acceptors (Lipinski definition) is 9. The number of anilines is 1. The van der Waals surface area contributed by atoms with E-state index in [-0.39, 0.29) is 5.79 Å². The first-order valence-corrected chi connectivity index (χ1v) is 19.1. The average molecular weight is 632 g/mol. The minimum atomic E-state index is -0.444. The molecule has 0 radical (unpaired) electrons. The highest BCUT2D eigenvalue weighted by molar-refractivity contribution is 7.99. The van der Waals surface area contributed by atoms with E-state index in [1.165, 1.54) is 66.0 Å². The van der Waals surface area contributed by atoms with Crippen LogP contribution in [0.2, 0.25) is 0 Å². The van der Waals surface area contributed by atoms with E-state index in [2.05, 4.69) is 95.2 Å². The molecule has 4 fully saturated rings. The lowest BCUT2D eigenvalue weighted by molar-refractivity contribution is -0.339. The lowest BCUT2D eigenvalue weighted by Gasteiger charge is -2.71. The maximum Gasteiger partial charge on any atom is 0.194 e. The highest BCUT2D eigenvalue weighted by atomic mass is 32.2. The molecule has 6 heterocycles. The molecule has 4 saturated heterocycles. The van der Waals surface area contributed by atoms with Crippen molar-refractivity contribution < 1.29 is 4.74 Å². The number of piperazine rings is 1. The first-order valence-electron chi connectivity index (χ1n) is 17.9. The monoisotopic (exact) mass is 631 g/mol. The molecule has 8 nitrogen and oxygen atoms in total. The molecule has 0 aromatic heterocycles. The summed E-state index contributed by atoms with van der Waals surface area (Å²) < 4.78 is 6.12. The molecule has 1 N–H and O–H groups in total. The first-order chi connectivity index (χ1) is 22.3. The standard InChI is InChI=1S/C36H53N7OS/c1-2-8-18-38(17-7-1)35(39-20-15-37-16-21-39)30-32-11-3-5-13-33(32)36(40-24-28-45-29-25-40,43(35)41-22-26-44-27-23-41)42-19-9-12-31-10-4-6-14-34(31)42/h3-6,10-11,13-14,37H,1-2,7-9,12,15-30H2. The van der Waals surface area contributed by atoms with Gasteiger partial charge in [-0.05, 0) is 42.9 Å². The second kappa shape index (κ2) is 13.4. The minimum Gasteiger partial charge on any atom is -0.379 e. The van der Waals surface area contributed by atoms with E-state index in [1.807, 2.05) is 0 Å². The topological polar surface area (TPSA) is 40.7 Å².